The number of carbonyl (C=O) groups is 2. The molecule has 8 nitrogen and oxygen atoms in total. The Kier molecular flexibility index (Phi) is 6.40. The zero-order valence-electron chi connectivity index (χ0n) is 16.8. The fourth-order valence-corrected chi connectivity index (χ4v) is 4.04. The van der Waals surface area contributed by atoms with Gasteiger partial charge in [0.15, 0.2) is 0 Å². The van der Waals surface area contributed by atoms with Gasteiger partial charge in [-0.1, -0.05) is 0 Å². The van der Waals surface area contributed by atoms with Gasteiger partial charge in [0.2, 0.25) is 5.91 Å². The Morgan fingerprint density at radius 1 is 1.29 bits per heavy atom. The predicted molar refractivity (Wildman–Crippen MR) is 115 cm³/mol. The van der Waals surface area contributed by atoms with Crippen LogP contribution in [0.25, 0.3) is 21.8 Å². The van der Waals surface area contributed by atoms with Crippen molar-refractivity contribution in [2.75, 3.05) is 45.3 Å². The van der Waals surface area contributed by atoms with Crippen LogP contribution in [0.1, 0.15) is 10.5 Å². The number of carbonyl (C=O) groups excluding carboxylic acids is 2. The van der Waals surface area contributed by atoms with E-state index in [2.05, 4.69) is 15.3 Å². The van der Waals surface area contributed by atoms with Gasteiger partial charge < -0.3 is 19.8 Å². The molecule has 0 bridgehead atoms. The maximum absolute atomic E-state index is 14.3. The SMILES string of the molecule is COC(=O)c1cc(-c2csc(-c3ccc(F)c(NC(=O)CN4CCOCC4)c3)n2)c[nH]1. The van der Waals surface area contributed by atoms with E-state index >= 15 is 0 Å². The molecule has 1 aromatic carbocycles. The van der Waals surface area contributed by atoms with E-state index in [1.54, 1.807) is 24.4 Å². The van der Waals surface area contributed by atoms with Gasteiger partial charge in [0.05, 0.1) is 38.2 Å². The minimum absolute atomic E-state index is 0.113. The minimum Gasteiger partial charge on any atom is -0.464 e. The lowest BCUT2D eigenvalue weighted by atomic mass is 10.2. The number of thiazole rings is 1. The molecule has 0 unspecified atom stereocenters. The van der Waals surface area contributed by atoms with Gasteiger partial charge in [0, 0.05) is 35.8 Å². The highest BCUT2D eigenvalue weighted by atomic mass is 32.1. The van der Waals surface area contributed by atoms with E-state index in [1.807, 2.05) is 10.3 Å². The van der Waals surface area contributed by atoms with Crippen LogP contribution in [-0.2, 0) is 14.3 Å². The van der Waals surface area contributed by atoms with Gasteiger partial charge in [0.1, 0.15) is 16.5 Å². The first kappa shape index (κ1) is 21.2. The molecule has 0 atom stereocenters. The number of hydrogen-bond donors (Lipinski definition) is 2. The van der Waals surface area contributed by atoms with E-state index in [-0.39, 0.29) is 18.1 Å². The summed E-state index contributed by atoms with van der Waals surface area (Å²) in [5, 5.41) is 5.17. The van der Waals surface area contributed by atoms with Crippen molar-refractivity contribution in [2.45, 2.75) is 0 Å². The van der Waals surface area contributed by atoms with Gasteiger partial charge in [-0.25, -0.2) is 14.2 Å². The molecule has 0 spiro atoms. The molecule has 1 aliphatic heterocycles. The summed E-state index contributed by atoms with van der Waals surface area (Å²) >= 11 is 1.38. The molecular formula is C21H21FN4O4S. The smallest absolute Gasteiger partial charge is 0.354 e. The molecular weight excluding hydrogens is 423 g/mol. The minimum atomic E-state index is -0.510. The van der Waals surface area contributed by atoms with Crippen molar-refractivity contribution in [1.29, 1.82) is 0 Å². The number of amides is 1. The van der Waals surface area contributed by atoms with Gasteiger partial charge >= 0.3 is 5.97 Å². The number of aromatic amines is 1. The van der Waals surface area contributed by atoms with E-state index in [4.69, 9.17) is 9.47 Å². The molecule has 1 fully saturated rings. The van der Waals surface area contributed by atoms with Gasteiger partial charge in [-0.05, 0) is 24.3 Å². The average molecular weight is 444 g/mol. The Morgan fingerprint density at radius 2 is 2.10 bits per heavy atom. The Labute approximate surface area is 182 Å². The molecule has 4 rings (SSSR count). The lowest BCUT2D eigenvalue weighted by Crippen LogP contribution is -2.41. The number of anilines is 1. The zero-order valence-corrected chi connectivity index (χ0v) is 17.6. The Balaban J connectivity index is 1.48. The van der Waals surface area contributed by atoms with Crippen molar-refractivity contribution in [2.24, 2.45) is 0 Å². The van der Waals surface area contributed by atoms with Crippen LogP contribution in [0.2, 0.25) is 0 Å². The molecule has 2 N–H and O–H groups in total. The molecule has 1 amide bonds. The van der Waals surface area contributed by atoms with Crippen LogP contribution >= 0.6 is 11.3 Å². The Bertz CT molecular complexity index is 1090. The van der Waals surface area contributed by atoms with E-state index < -0.39 is 11.8 Å². The highest BCUT2D eigenvalue weighted by molar-refractivity contribution is 7.13. The maximum atomic E-state index is 14.3. The number of methoxy groups -OCH3 is 1. The first-order valence-corrected chi connectivity index (χ1v) is 10.5. The van der Waals surface area contributed by atoms with E-state index in [9.17, 15) is 14.0 Å². The molecule has 0 radical (unpaired) electrons. The lowest BCUT2D eigenvalue weighted by molar-refractivity contribution is -0.118. The number of ether oxygens (including phenoxy) is 2. The first-order chi connectivity index (χ1) is 15.0. The van der Waals surface area contributed by atoms with Crippen molar-refractivity contribution in [3.63, 3.8) is 0 Å². The molecule has 3 heterocycles. The van der Waals surface area contributed by atoms with Crippen LogP contribution in [-0.4, -0.2) is 66.7 Å². The topological polar surface area (TPSA) is 96.6 Å². The van der Waals surface area contributed by atoms with E-state index in [0.717, 1.165) is 5.56 Å². The number of aromatic nitrogens is 2. The van der Waals surface area contributed by atoms with Gasteiger partial charge in [0.25, 0.3) is 0 Å². The number of rotatable bonds is 6. The molecule has 1 aliphatic rings. The fourth-order valence-electron chi connectivity index (χ4n) is 3.22. The number of nitrogens with one attached hydrogen (secondary N) is 2. The average Bonchev–Trinajstić information content (AvgIpc) is 3.45. The highest BCUT2D eigenvalue weighted by Crippen LogP contribution is 2.31. The third-order valence-corrected chi connectivity index (χ3v) is 5.74. The predicted octanol–water partition coefficient (Wildman–Crippen LogP) is 3.00. The summed E-state index contributed by atoms with van der Waals surface area (Å²) in [6.45, 7) is 2.71. The Hall–Kier alpha value is -3.08. The number of esters is 1. The highest BCUT2D eigenvalue weighted by Gasteiger charge is 2.17. The first-order valence-electron chi connectivity index (χ1n) is 9.66. The van der Waals surface area contributed by atoms with Crippen molar-refractivity contribution >= 4 is 28.9 Å². The van der Waals surface area contributed by atoms with Gasteiger partial charge in [-0.2, -0.15) is 0 Å². The molecule has 31 heavy (non-hydrogen) atoms. The monoisotopic (exact) mass is 444 g/mol. The lowest BCUT2D eigenvalue weighted by Gasteiger charge is -2.25. The number of halogens is 1. The number of benzene rings is 1. The van der Waals surface area contributed by atoms with Crippen LogP contribution in [0.3, 0.4) is 0 Å². The number of morpholine rings is 1. The molecule has 2 aromatic heterocycles. The van der Waals surface area contributed by atoms with Gasteiger partial charge in [-0.3, -0.25) is 9.69 Å². The quantitative estimate of drug-likeness (QED) is 0.568. The Morgan fingerprint density at radius 3 is 2.87 bits per heavy atom. The van der Waals surface area contributed by atoms with Crippen LogP contribution in [0.5, 0.6) is 0 Å². The van der Waals surface area contributed by atoms with Gasteiger partial charge in [-0.15, -0.1) is 11.3 Å². The molecule has 1 saturated heterocycles. The number of H-pyrrole nitrogens is 1. The summed E-state index contributed by atoms with van der Waals surface area (Å²) in [5.74, 6) is -1.25. The largest absolute Gasteiger partial charge is 0.464 e. The summed E-state index contributed by atoms with van der Waals surface area (Å²) in [4.78, 5) is 33.4. The van der Waals surface area contributed by atoms with Crippen molar-refractivity contribution in [1.82, 2.24) is 14.9 Å². The van der Waals surface area contributed by atoms with Crippen LogP contribution in [0, 0.1) is 5.82 Å². The zero-order chi connectivity index (χ0) is 21.8. The third kappa shape index (κ3) is 4.98. The molecule has 0 saturated carbocycles. The van der Waals surface area contributed by atoms with E-state index in [1.165, 1.54) is 24.5 Å². The summed E-state index contributed by atoms with van der Waals surface area (Å²) in [5.41, 5.74) is 2.54. The number of hydrogen-bond acceptors (Lipinski definition) is 7. The van der Waals surface area contributed by atoms with Crippen LogP contribution in [0.15, 0.2) is 35.8 Å². The second kappa shape index (κ2) is 9.38. The van der Waals surface area contributed by atoms with Crippen LogP contribution in [0.4, 0.5) is 10.1 Å². The summed E-state index contributed by atoms with van der Waals surface area (Å²) in [7, 11) is 1.32. The third-order valence-electron chi connectivity index (χ3n) is 4.85. The van der Waals surface area contributed by atoms with E-state index in [0.29, 0.717) is 48.3 Å². The summed E-state index contributed by atoms with van der Waals surface area (Å²) in [6.07, 6.45) is 1.67. The second-order valence-electron chi connectivity index (χ2n) is 6.96. The standard InChI is InChI=1S/C21H21FN4O4S/c1-29-21(28)17-9-14(10-23-17)18-12-31-20(25-18)13-2-3-15(22)16(8-13)24-19(27)11-26-4-6-30-7-5-26/h2-3,8-10,12,23H,4-7,11H2,1H3,(H,24,27). The second-order valence-corrected chi connectivity index (χ2v) is 7.82. The number of nitrogens with zero attached hydrogens (tertiary/aromatic N) is 2. The van der Waals surface area contributed by atoms with Crippen molar-refractivity contribution in [3.05, 3.63) is 47.4 Å². The van der Waals surface area contributed by atoms with Crippen LogP contribution < -0.4 is 5.32 Å². The normalized spacial score (nSPS) is 14.4. The molecule has 162 valence electrons. The molecule has 0 aliphatic carbocycles. The fraction of sp³-hybridized carbons (Fsp3) is 0.286. The maximum Gasteiger partial charge on any atom is 0.354 e. The summed E-state index contributed by atoms with van der Waals surface area (Å²) < 4.78 is 24.3. The van der Waals surface area contributed by atoms with Crippen molar-refractivity contribution < 1.29 is 23.5 Å². The molecule has 3 aromatic rings. The molecule has 10 heteroatoms. The summed E-state index contributed by atoms with van der Waals surface area (Å²) in [6, 6.07) is 6.16. The van der Waals surface area contributed by atoms with Crippen molar-refractivity contribution in [3.8, 4) is 21.8 Å².